The average Bonchev–Trinajstić information content (AvgIpc) is 2.94. The van der Waals surface area contributed by atoms with Gasteiger partial charge in [0.15, 0.2) is 0 Å². The molecule has 40 heavy (non-hydrogen) atoms. The van der Waals surface area contributed by atoms with Crippen molar-refractivity contribution in [2.45, 2.75) is 52.4 Å². The van der Waals surface area contributed by atoms with Crippen molar-refractivity contribution in [3.8, 4) is 33.4 Å². The average molecular weight is 544 g/mol. The molecule has 0 aliphatic rings. The Labute approximate surface area is 244 Å². The lowest BCUT2D eigenvalue weighted by Gasteiger charge is -2.22. The predicted molar refractivity (Wildman–Crippen MR) is 175 cm³/mol. The van der Waals surface area contributed by atoms with E-state index in [1.54, 1.807) is 0 Å². The highest BCUT2D eigenvalue weighted by molar-refractivity contribution is 6.31. The van der Waals surface area contributed by atoms with E-state index in [-0.39, 0.29) is 10.8 Å². The molecule has 5 rings (SSSR count). The van der Waals surface area contributed by atoms with Gasteiger partial charge in [0, 0.05) is 21.8 Å². The fourth-order valence-corrected chi connectivity index (χ4v) is 5.24. The van der Waals surface area contributed by atoms with Gasteiger partial charge < -0.3 is 5.32 Å². The Bertz CT molecular complexity index is 1500. The third-order valence-corrected chi connectivity index (χ3v) is 7.71. The fourth-order valence-electron chi connectivity index (χ4n) is 5.02. The first-order chi connectivity index (χ1) is 19.0. The van der Waals surface area contributed by atoms with E-state index in [2.05, 4.69) is 156 Å². The zero-order valence-corrected chi connectivity index (χ0v) is 25.1. The molecule has 0 saturated carbocycles. The van der Waals surface area contributed by atoms with Crippen LogP contribution in [-0.4, -0.2) is 0 Å². The molecule has 0 amide bonds. The second-order valence-corrected chi connectivity index (χ2v) is 13.0. The highest BCUT2D eigenvalue weighted by Gasteiger charge is 2.18. The van der Waals surface area contributed by atoms with Gasteiger partial charge in [0.05, 0.1) is 5.69 Å². The minimum Gasteiger partial charge on any atom is -0.355 e. The van der Waals surface area contributed by atoms with Crippen LogP contribution in [0.15, 0.2) is 115 Å². The lowest BCUT2D eigenvalue weighted by atomic mass is 9.85. The summed E-state index contributed by atoms with van der Waals surface area (Å²) in [5, 5.41) is 4.49. The first-order valence-corrected chi connectivity index (χ1v) is 14.3. The van der Waals surface area contributed by atoms with E-state index in [0.29, 0.717) is 0 Å². The van der Waals surface area contributed by atoms with Crippen molar-refractivity contribution >= 4 is 23.0 Å². The molecular weight excluding hydrogens is 506 g/mol. The number of nitrogens with one attached hydrogen (secondary N) is 1. The quantitative estimate of drug-likeness (QED) is 0.232. The van der Waals surface area contributed by atoms with E-state index in [4.69, 9.17) is 11.6 Å². The Kier molecular flexibility index (Phi) is 7.62. The SMILES string of the molecule is CC(C)(C)c1ccc(-c2cc(Cl)cc(-c3ccc(C(C)(C)C)cc3)c2Nc2ccc(-c3ccccc3)cc2)cc1. The molecule has 0 aromatic heterocycles. The summed E-state index contributed by atoms with van der Waals surface area (Å²) in [7, 11) is 0. The van der Waals surface area contributed by atoms with E-state index in [0.717, 1.165) is 38.7 Å². The van der Waals surface area contributed by atoms with Gasteiger partial charge in [-0.1, -0.05) is 144 Å². The van der Waals surface area contributed by atoms with Gasteiger partial charge in [0.25, 0.3) is 0 Å². The second-order valence-electron chi connectivity index (χ2n) is 12.6. The number of anilines is 2. The normalized spacial score (nSPS) is 11.9. The number of rotatable bonds is 5. The molecule has 0 fully saturated rings. The van der Waals surface area contributed by atoms with Crippen LogP contribution >= 0.6 is 11.6 Å². The number of hydrogen-bond acceptors (Lipinski definition) is 1. The molecule has 0 bridgehead atoms. The highest BCUT2D eigenvalue weighted by Crippen LogP contribution is 2.42. The van der Waals surface area contributed by atoms with E-state index in [1.807, 2.05) is 6.07 Å². The van der Waals surface area contributed by atoms with Crippen molar-refractivity contribution in [3.63, 3.8) is 0 Å². The van der Waals surface area contributed by atoms with Gasteiger partial charge in [-0.3, -0.25) is 0 Å². The zero-order valence-electron chi connectivity index (χ0n) is 24.3. The molecule has 0 aliphatic carbocycles. The fraction of sp³-hybridized carbons (Fsp3) is 0.211. The third kappa shape index (κ3) is 6.16. The molecule has 1 nitrogen and oxygen atoms in total. The predicted octanol–water partition coefficient (Wildman–Crippen LogP) is 11.7. The summed E-state index contributed by atoms with van der Waals surface area (Å²) >= 11 is 6.79. The Morgan fingerprint density at radius 1 is 0.475 bits per heavy atom. The monoisotopic (exact) mass is 543 g/mol. The van der Waals surface area contributed by atoms with Gasteiger partial charge in [0.1, 0.15) is 0 Å². The summed E-state index contributed by atoms with van der Waals surface area (Å²) in [6.07, 6.45) is 0. The molecule has 0 unspecified atom stereocenters. The Balaban J connectivity index is 1.61. The summed E-state index contributed by atoms with van der Waals surface area (Å²) in [5.74, 6) is 0. The number of hydrogen-bond donors (Lipinski definition) is 1. The standard InChI is InChI=1S/C38H38ClN/c1-37(2,3)30-18-12-28(13-19-30)34-24-32(39)25-35(29-14-20-31(21-15-29)38(4,5)6)36(34)40-33-22-16-27(17-23-33)26-10-8-7-9-11-26/h7-25,40H,1-6H3. The van der Waals surface area contributed by atoms with Crippen LogP contribution < -0.4 is 5.32 Å². The lowest BCUT2D eigenvalue weighted by Crippen LogP contribution is -2.10. The minimum atomic E-state index is 0.0917. The molecule has 2 heteroatoms. The highest BCUT2D eigenvalue weighted by atomic mass is 35.5. The van der Waals surface area contributed by atoms with Gasteiger partial charge in [-0.05, 0) is 68.5 Å². The Hall–Kier alpha value is -3.81. The summed E-state index contributed by atoms with van der Waals surface area (Å²) in [6.45, 7) is 13.5. The molecule has 0 heterocycles. The first kappa shape index (κ1) is 27.7. The van der Waals surface area contributed by atoms with Crippen LogP contribution in [0.3, 0.4) is 0 Å². The smallest absolute Gasteiger partial charge is 0.0544 e. The molecular formula is C38H38ClN. The molecule has 0 spiro atoms. The van der Waals surface area contributed by atoms with Gasteiger partial charge >= 0.3 is 0 Å². The number of halogens is 1. The third-order valence-electron chi connectivity index (χ3n) is 7.49. The van der Waals surface area contributed by atoms with Crippen LogP contribution in [0.1, 0.15) is 52.7 Å². The molecule has 5 aromatic carbocycles. The molecule has 0 atom stereocenters. The van der Waals surface area contributed by atoms with Crippen molar-refractivity contribution in [1.29, 1.82) is 0 Å². The summed E-state index contributed by atoms with van der Waals surface area (Å²) in [4.78, 5) is 0. The molecule has 0 saturated heterocycles. The van der Waals surface area contributed by atoms with Gasteiger partial charge in [-0.25, -0.2) is 0 Å². The van der Waals surface area contributed by atoms with E-state index < -0.39 is 0 Å². The van der Waals surface area contributed by atoms with Gasteiger partial charge in [-0.2, -0.15) is 0 Å². The van der Waals surface area contributed by atoms with Crippen molar-refractivity contribution in [2.75, 3.05) is 5.32 Å². The molecule has 5 aromatic rings. The van der Waals surface area contributed by atoms with Crippen molar-refractivity contribution in [2.24, 2.45) is 0 Å². The number of benzene rings is 5. The van der Waals surface area contributed by atoms with E-state index in [9.17, 15) is 0 Å². The maximum atomic E-state index is 6.79. The summed E-state index contributed by atoms with van der Waals surface area (Å²) in [6, 6.07) is 41.0. The topological polar surface area (TPSA) is 12.0 Å². The van der Waals surface area contributed by atoms with Gasteiger partial charge in [-0.15, -0.1) is 0 Å². The van der Waals surface area contributed by atoms with Crippen LogP contribution in [-0.2, 0) is 10.8 Å². The first-order valence-electron chi connectivity index (χ1n) is 14.0. The van der Waals surface area contributed by atoms with E-state index in [1.165, 1.54) is 22.3 Å². The molecule has 202 valence electrons. The summed E-state index contributed by atoms with van der Waals surface area (Å²) in [5.41, 5.74) is 11.7. The van der Waals surface area contributed by atoms with Crippen LogP contribution in [0.4, 0.5) is 11.4 Å². The van der Waals surface area contributed by atoms with Crippen molar-refractivity contribution in [3.05, 3.63) is 131 Å². The van der Waals surface area contributed by atoms with Crippen molar-refractivity contribution in [1.82, 2.24) is 0 Å². The zero-order chi connectivity index (χ0) is 28.5. The van der Waals surface area contributed by atoms with Crippen LogP contribution in [0.2, 0.25) is 5.02 Å². The lowest BCUT2D eigenvalue weighted by molar-refractivity contribution is 0.590. The maximum Gasteiger partial charge on any atom is 0.0544 e. The molecule has 0 aliphatic heterocycles. The van der Waals surface area contributed by atoms with Crippen LogP contribution in [0.5, 0.6) is 0 Å². The van der Waals surface area contributed by atoms with Gasteiger partial charge in [0.2, 0.25) is 0 Å². The summed E-state index contributed by atoms with van der Waals surface area (Å²) < 4.78 is 0. The second kappa shape index (κ2) is 11.0. The van der Waals surface area contributed by atoms with Crippen LogP contribution in [0, 0.1) is 0 Å². The Morgan fingerprint density at radius 2 is 0.875 bits per heavy atom. The molecule has 0 radical (unpaired) electrons. The van der Waals surface area contributed by atoms with Crippen LogP contribution in [0.25, 0.3) is 33.4 Å². The largest absolute Gasteiger partial charge is 0.355 e. The Morgan fingerprint density at radius 3 is 1.30 bits per heavy atom. The minimum absolute atomic E-state index is 0.0917. The van der Waals surface area contributed by atoms with E-state index >= 15 is 0 Å². The molecule has 1 N–H and O–H groups in total. The maximum absolute atomic E-state index is 6.79. The van der Waals surface area contributed by atoms with Crippen molar-refractivity contribution < 1.29 is 0 Å².